The van der Waals surface area contributed by atoms with Crippen molar-refractivity contribution < 1.29 is 18.0 Å². The molecule has 0 radical (unpaired) electrons. The zero-order valence-corrected chi connectivity index (χ0v) is 18.3. The number of nitrogens with one attached hydrogen (secondary N) is 1. The SMILES string of the molecule is O=C(Nc1ccccc1Cl)C1C(=O)N(Cc2ccccc2)S(=O)(=O)c2ccc(Cl)cc21. The van der Waals surface area contributed by atoms with Gasteiger partial charge < -0.3 is 5.32 Å². The van der Waals surface area contributed by atoms with Gasteiger partial charge in [-0.3, -0.25) is 9.59 Å². The van der Waals surface area contributed by atoms with E-state index in [0.29, 0.717) is 16.3 Å². The Labute approximate surface area is 189 Å². The Morgan fingerprint density at radius 2 is 1.65 bits per heavy atom. The predicted octanol–water partition coefficient (Wildman–Crippen LogP) is 4.45. The standard InChI is InChI=1S/C22H16Cl2N2O4S/c23-15-10-11-19-16(12-15)20(21(27)25-18-9-5-4-8-17(18)24)22(28)26(31(19,29)30)13-14-6-2-1-3-7-14/h1-12,20H,13H2,(H,25,27). The van der Waals surface area contributed by atoms with E-state index in [1.54, 1.807) is 54.6 Å². The molecule has 158 valence electrons. The molecule has 1 heterocycles. The molecule has 31 heavy (non-hydrogen) atoms. The van der Waals surface area contributed by atoms with E-state index in [0.717, 1.165) is 4.31 Å². The van der Waals surface area contributed by atoms with Gasteiger partial charge in [-0.2, -0.15) is 0 Å². The third kappa shape index (κ3) is 4.04. The molecule has 0 aromatic heterocycles. The van der Waals surface area contributed by atoms with Crippen molar-refractivity contribution in [2.45, 2.75) is 17.4 Å². The maximum Gasteiger partial charge on any atom is 0.267 e. The van der Waals surface area contributed by atoms with Crippen LogP contribution in [-0.2, 0) is 26.2 Å². The van der Waals surface area contributed by atoms with Gasteiger partial charge in [-0.25, -0.2) is 12.7 Å². The Morgan fingerprint density at radius 1 is 0.968 bits per heavy atom. The number of para-hydroxylation sites is 1. The van der Waals surface area contributed by atoms with Crippen LogP contribution < -0.4 is 5.32 Å². The van der Waals surface area contributed by atoms with Gasteiger partial charge in [-0.1, -0.05) is 65.7 Å². The molecule has 0 aliphatic carbocycles. The second-order valence-electron chi connectivity index (χ2n) is 6.92. The first-order valence-corrected chi connectivity index (χ1v) is 11.4. The fraction of sp³-hybridized carbons (Fsp3) is 0.0909. The van der Waals surface area contributed by atoms with Gasteiger partial charge in [0.05, 0.1) is 22.2 Å². The molecule has 1 aliphatic rings. The van der Waals surface area contributed by atoms with E-state index >= 15 is 0 Å². The fourth-order valence-electron chi connectivity index (χ4n) is 3.43. The first kappa shape index (κ1) is 21.4. The maximum atomic E-state index is 13.3. The summed E-state index contributed by atoms with van der Waals surface area (Å²) in [4.78, 5) is 26.4. The molecule has 1 atom stereocenters. The Kier molecular flexibility index (Phi) is 5.75. The van der Waals surface area contributed by atoms with Gasteiger partial charge in [0.25, 0.3) is 15.9 Å². The molecular formula is C22H16Cl2N2O4S. The van der Waals surface area contributed by atoms with E-state index < -0.39 is 27.8 Å². The van der Waals surface area contributed by atoms with Gasteiger partial charge in [0.1, 0.15) is 5.92 Å². The molecule has 0 saturated heterocycles. The molecule has 1 aliphatic heterocycles. The lowest BCUT2D eigenvalue weighted by atomic mass is 9.96. The number of rotatable bonds is 4. The van der Waals surface area contributed by atoms with Gasteiger partial charge in [0, 0.05) is 5.02 Å². The number of hydrogen-bond acceptors (Lipinski definition) is 4. The van der Waals surface area contributed by atoms with Crippen molar-refractivity contribution in [2.75, 3.05) is 5.32 Å². The minimum absolute atomic E-state index is 0.0337. The van der Waals surface area contributed by atoms with Crippen LogP contribution in [0.4, 0.5) is 5.69 Å². The number of carbonyl (C=O) groups excluding carboxylic acids is 2. The molecule has 9 heteroatoms. The van der Waals surface area contributed by atoms with Gasteiger partial charge >= 0.3 is 0 Å². The molecule has 1 unspecified atom stereocenters. The highest BCUT2D eigenvalue weighted by molar-refractivity contribution is 7.89. The Balaban J connectivity index is 1.80. The number of nitrogens with zero attached hydrogens (tertiary/aromatic N) is 1. The maximum absolute atomic E-state index is 13.3. The van der Waals surface area contributed by atoms with Crippen LogP contribution in [0.5, 0.6) is 0 Å². The van der Waals surface area contributed by atoms with E-state index in [1.165, 1.54) is 18.2 Å². The third-order valence-corrected chi connectivity index (χ3v) is 7.29. The monoisotopic (exact) mass is 474 g/mol. The second kappa shape index (κ2) is 8.34. The molecule has 0 fully saturated rings. The van der Waals surface area contributed by atoms with Crippen molar-refractivity contribution in [1.82, 2.24) is 4.31 Å². The van der Waals surface area contributed by atoms with Crippen molar-refractivity contribution >= 4 is 50.7 Å². The van der Waals surface area contributed by atoms with Crippen molar-refractivity contribution in [3.63, 3.8) is 0 Å². The van der Waals surface area contributed by atoms with Crippen molar-refractivity contribution in [3.05, 3.63) is 94.0 Å². The van der Waals surface area contributed by atoms with Crippen LogP contribution in [0, 0.1) is 0 Å². The molecule has 3 aromatic rings. The van der Waals surface area contributed by atoms with E-state index in [2.05, 4.69) is 5.32 Å². The first-order chi connectivity index (χ1) is 14.8. The molecule has 0 saturated carbocycles. The Hall–Kier alpha value is -2.87. The molecular weight excluding hydrogens is 459 g/mol. The lowest BCUT2D eigenvalue weighted by molar-refractivity contribution is -0.133. The molecule has 0 spiro atoms. The first-order valence-electron chi connectivity index (χ1n) is 9.24. The molecule has 6 nitrogen and oxygen atoms in total. The van der Waals surface area contributed by atoms with Gasteiger partial charge in [-0.15, -0.1) is 0 Å². The minimum atomic E-state index is -4.18. The number of carbonyl (C=O) groups is 2. The number of sulfonamides is 1. The van der Waals surface area contributed by atoms with Crippen molar-refractivity contribution in [3.8, 4) is 0 Å². The highest BCUT2D eigenvalue weighted by atomic mass is 35.5. The lowest BCUT2D eigenvalue weighted by Gasteiger charge is -2.33. The number of halogens is 2. The molecule has 1 N–H and O–H groups in total. The van der Waals surface area contributed by atoms with Gasteiger partial charge in [0.2, 0.25) is 5.91 Å². The van der Waals surface area contributed by atoms with Crippen molar-refractivity contribution in [2.24, 2.45) is 0 Å². The van der Waals surface area contributed by atoms with E-state index in [4.69, 9.17) is 23.2 Å². The summed E-state index contributed by atoms with van der Waals surface area (Å²) in [5, 5.41) is 3.13. The summed E-state index contributed by atoms with van der Waals surface area (Å²) in [5.41, 5.74) is 0.960. The summed E-state index contributed by atoms with van der Waals surface area (Å²) in [6.45, 7) is -0.194. The average molecular weight is 475 g/mol. The van der Waals surface area contributed by atoms with Crippen LogP contribution in [0.3, 0.4) is 0 Å². The van der Waals surface area contributed by atoms with Crippen LogP contribution in [0.15, 0.2) is 77.7 Å². The number of anilines is 1. The topological polar surface area (TPSA) is 83.6 Å². The molecule has 4 rings (SSSR count). The zero-order valence-electron chi connectivity index (χ0n) is 16.0. The highest BCUT2D eigenvalue weighted by Crippen LogP contribution is 2.38. The quantitative estimate of drug-likeness (QED) is 0.566. The van der Waals surface area contributed by atoms with Crippen molar-refractivity contribution in [1.29, 1.82) is 0 Å². The summed E-state index contributed by atoms with van der Waals surface area (Å²) in [6.07, 6.45) is 0. The molecule has 2 amide bonds. The fourth-order valence-corrected chi connectivity index (χ4v) is 5.40. The van der Waals surface area contributed by atoms with Crippen LogP contribution in [-0.4, -0.2) is 24.5 Å². The predicted molar refractivity (Wildman–Crippen MR) is 118 cm³/mol. The molecule has 0 bridgehead atoms. The zero-order chi connectivity index (χ0) is 22.2. The number of fused-ring (bicyclic) bond motifs is 1. The summed E-state index contributed by atoms with van der Waals surface area (Å²) in [7, 11) is -4.18. The smallest absolute Gasteiger partial charge is 0.267 e. The molecule has 3 aromatic carbocycles. The van der Waals surface area contributed by atoms with Crippen LogP contribution in [0.1, 0.15) is 17.0 Å². The van der Waals surface area contributed by atoms with Crippen LogP contribution in [0.2, 0.25) is 10.0 Å². The van der Waals surface area contributed by atoms with Crippen LogP contribution >= 0.6 is 23.2 Å². The van der Waals surface area contributed by atoms with Crippen LogP contribution in [0.25, 0.3) is 0 Å². The summed E-state index contributed by atoms with van der Waals surface area (Å²) >= 11 is 12.2. The normalized spacial score (nSPS) is 17.2. The second-order valence-corrected chi connectivity index (χ2v) is 9.59. The average Bonchev–Trinajstić information content (AvgIpc) is 2.73. The van der Waals surface area contributed by atoms with Gasteiger partial charge in [0.15, 0.2) is 0 Å². The summed E-state index contributed by atoms with van der Waals surface area (Å²) in [6, 6.07) is 19.3. The summed E-state index contributed by atoms with van der Waals surface area (Å²) in [5.74, 6) is -2.96. The largest absolute Gasteiger partial charge is 0.324 e. The van der Waals surface area contributed by atoms with Gasteiger partial charge in [-0.05, 0) is 41.5 Å². The Bertz CT molecular complexity index is 1280. The number of benzene rings is 3. The Morgan fingerprint density at radius 3 is 2.35 bits per heavy atom. The third-order valence-electron chi connectivity index (χ3n) is 4.91. The van der Waals surface area contributed by atoms with E-state index in [1.807, 2.05) is 0 Å². The number of amides is 2. The minimum Gasteiger partial charge on any atom is -0.324 e. The van der Waals surface area contributed by atoms with E-state index in [-0.39, 0.29) is 22.0 Å². The van der Waals surface area contributed by atoms with E-state index in [9.17, 15) is 18.0 Å². The lowest BCUT2D eigenvalue weighted by Crippen LogP contribution is -2.47. The summed E-state index contributed by atoms with van der Waals surface area (Å²) < 4.78 is 27.2. The highest BCUT2D eigenvalue weighted by Gasteiger charge is 2.46. The number of hydrogen-bond donors (Lipinski definition) is 1.